The van der Waals surface area contributed by atoms with Gasteiger partial charge in [0, 0.05) is 21.7 Å². The van der Waals surface area contributed by atoms with E-state index in [-0.39, 0.29) is 0 Å². The van der Waals surface area contributed by atoms with Crippen LogP contribution in [0, 0.1) is 5.92 Å². The summed E-state index contributed by atoms with van der Waals surface area (Å²) in [6.07, 6.45) is 2.52. The second-order valence-electron chi connectivity index (χ2n) is 4.20. The number of piperidine rings is 1. The van der Waals surface area contributed by atoms with Crippen molar-refractivity contribution >= 4 is 33.2 Å². The molecule has 0 spiro atoms. The minimum atomic E-state index is 0.763. The third-order valence-corrected chi connectivity index (χ3v) is 3.86. The Bertz CT molecular complexity index is 351. The van der Waals surface area contributed by atoms with Crippen molar-refractivity contribution in [2.45, 2.75) is 12.8 Å². The van der Waals surface area contributed by atoms with Crippen LogP contribution < -0.4 is 10.6 Å². The van der Waals surface area contributed by atoms with Gasteiger partial charge in [-0.2, -0.15) is 0 Å². The normalized spacial score (nSPS) is 17.4. The average molecular weight is 304 g/mol. The molecule has 1 heterocycles. The van der Waals surface area contributed by atoms with Crippen LogP contribution in [0.1, 0.15) is 12.8 Å². The number of hydrogen-bond donors (Lipinski definition) is 2. The van der Waals surface area contributed by atoms with Crippen molar-refractivity contribution in [1.82, 2.24) is 5.32 Å². The predicted octanol–water partition coefficient (Wildman–Crippen LogP) is 3.51. The molecule has 1 aromatic rings. The van der Waals surface area contributed by atoms with Gasteiger partial charge in [0.05, 0.1) is 0 Å². The Morgan fingerprint density at radius 2 is 2.12 bits per heavy atom. The molecule has 4 heteroatoms. The molecule has 0 aromatic heterocycles. The van der Waals surface area contributed by atoms with Crippen molar-refractivity contribution in [2.24, 2.45) is 5.92 Å². The first-order valence-corrected chi connectivity index (χ1v) is 6.82. The highest BCUT2D eigenvalue weighted by Gasteiger charge is 2.12. The third-order valence-electron chi connectivity index (χ3n) is 2.97. The molecular formula is C12H16BrClN2. The molecule has 0 bridgehead atoms. The van der Waals surface area contributed by atoms with E-state index in [2.05, 4.69) is 26.6 Å². The fraction of sp³-hybridized carbons (Fsp3) is 0.500. The fourth-order valence-electron chi connectivity index (χ4n) is 1.97. The molecule has 0 saturated carbocycles. The molecule has 2 rings (SSSR count). The molecule has 2 nitrogen and oxygen atoms in total. The summed E-state index contributed by atoms with van der Waals surface area (Å²) in [5, 5.41) is 7.62. The van der Waals surface area contributed by atoms with Gasteiger partial charge in [-0.15, -0.1) is 0 Å². The molecular weight excluding hydrogens is 288 g/mol. The maximum absolute atomic E-state index is 5.90. The van der Waals surface area contributed by atoms with Gasteiger partial charge in [0.25, 0.3) is 0 Å². The molecule has 1 aliphatic rings. The summed E-state index contributed by atoms with van der Waals surface area (Å²) >= 11 is 9.41. The summed E-state index contributed by atoms with van der Waals surface area (Å²) in [7, 11) is 0. The van der Waals surface area contributed by atoms with Gasteiger partial charge in [0.2, 0.25) is 0 Å². The number of hydrogen-bond acceptors (Lipinski definition) is 2. The molecule has 1 fully saturated rings. The number of anilines is 1. The summed E-state index contributed by atoms with van der Waals surface area (Å²) in [4.78, 5) is 0. The largest absolute Gasteiger partial charge is 0.384 e. The Balaban J connectivity index is 1.88. The highest BCUT2D eigenvalue weighted by molar-refractivity contribution is 9.10. The molecule has 0 atom stereocenters. The second-order valence-corrected chi connectivity index (χ2v) is 5.49. The molecule has 1 aliphatic heterocycles. The van der Waals surface area contributed by atoms with Crippen LogP contribution in [0.4, 0.5) is 5.69 Å². The lowest BCUT2D eigenvalue weighted by atomic mass is 9.98. The minimum Gasteiger partial charge on any atom is -0.384 e. The highest BCUT2D eigenvalue weighted by Crippen LogP contribution is 2.26. The topological polar surface area (TPSA) is 24.1 Å². The lowest BCUT2D eigenvalue weighted by Crippen LogP contribution is -2.31. The van der Waals surface area contributed by atoms with Gasteiger partial charge in [-0.1, -0.05) is 11.6 Å². The summed E-state index contributed by atoms with van der Waals surface area (Å²) in [6, 6.07) is 5.86. The Morgan fingerprint density at radius 1 is 1.38 bits per heavy atom. The SMILES string of the molecule is Clc1ccc(NCC2CCNCC2)c(Br)c1. The van der Waals surface area contributed by atoms with Gasteiger partial charge in [-0.25, -0.2) is 0 Å². The molecule has 88 valence electrons. The van der Waals surface area contributed by atoms with Gasteiger partial charge >= 0.3 is 0 Å². The standard InChI is InChI=1S/C12H16BrClN2/c13-11-7-10(14)1-2-12(11)16-8-9-3-5-15-6-4-9/h1-2,7,9,15-16H,3-6,8H2. The summed E-state index contributed by atoms with van der Waals surface area (Å²) in [5.41, 5.74) is 1.13. The first-order valence-electron chi connectivity index (χ1n) is 5.65. The molecule has 1 saturated heterocycles. The van der Waals surface area contributed by atoms with Crippen LogP contribution in [0.25, 0.3) is 0 Å². The Morgan fingerprint density at radius 3 is 2.81 bits per heavy atom. The maximum Gasteiger partial charge on any atom is 0.0485 e. The van der Waals surface area contributed by atoms with Gasteiger partial charge < -0.3 is 10.6 Å². The smallest absolute Gasteiger partial charge is 0.0485 e. The van der Waals surface area contributed by atoms with Crippen molar-refractivity contribution in [1.29, 1.82) is 0 Å². The average Bonchev–Trinajstić information content (AvgIpc) is 2.29. The first kappa shape index (κ1) is 12.2. The van der Waals surface area contributed by atoms with Crippen LogP contribution in [0.3, 0.4) is 0 Å². The first-order chi connectivity index (χ1) is 7.75. The van der Waals surface area contributed by atoms with Crippen molar-refractivity contribution in [3.63, 3.8) is 0 Å². The number of rotatable bonds is 3. The third kappa shape index (κ3) is 3.37. The number of halogens is 2. The molecule has 0 amide bonds. The van der Waals surface area contributed by atoms with Crippen molar-refractivity contribution < 1.29 is 0 Å². The van der Waals surface area contributed by atoms with E-state index in [1.54, 1.807) is 0 Å². The van der Waals surface area contributed by atoms with E-state index in [0.717, 1.165) is 40.7 Å². The van der Waals surface area contributed by atoms with E-state index in [1.165, 1.54) is 12.8 Å². The Kier molecular flexibility index (Phi) is 4.50. The fourth-order valence-corrected chi connectivity index (χ4v) is 2.80. The van der Waals surface area contributed by atoms with Gasteiger partial charge in [0.15, 0.2) is 0 Å². The quantitative estimate of drug-likeness (QED) is 0.893. The summed E-state index contributed by atoms with van der Waals surface area (Å²) in [5.74, 6) is 0.781. The Labute approximate surface area is 110 Å². The Hall–Kier alpha value is -0.250. The van der Waals surface area contributed by atoms with E-state index < -0.39 is 0 Å². The van der Waals surface area contributed by atoms with E-state index in [9.17, 15) is 0 Å². The van der Waals surface area contributed by atoms with E-state index in [4.69, 9.17) is 11.6 Å². The van der Waals surface area contributed by atoms with Crippen LogP contribution in [0.5, 0.6) is 0 Å². The van der Waals surface area contributed by atoms with Crippen LogP contribution in [-0.4, -0.2) is 19.6 Å². The van der Waals surface area contributed by atoms with Crippen LogP contribution in [0.2, 0.25) is 5.02 Å². The molecule has 2 N–H and O–H groups in total. The molecule has 16 heavy (non-hydrogen) atoms. The molecule has 0 unspecified atom stereocenters. The van der Waals surface area contributed by atoms with Crippen LogP contribution in [0.15, 0.2) is 22.7 Å². The zero-order valence-electron chi connectivity index (χ0n) is 9.10. The van der Waals surface area contributed by atoms with Crippen molar-refractivity contribution in [3.8, 4) is 0 Å². The monoisotopic (exact) mass is 302 g/mol. The summed E-state index contributed by atoms with van der Waals surface area (Å²) < 4.78 is 1.04. The lowest BCUT2D eigenvalue weighted by molar-refractivity contribution is 0.390. The zero-order valence-corrected chi connectivity index (χ0v) is 11.4. The lowest BCUT2D eigenvalue weighted by Gasteiger charge is -2.23. The molecule has 0 radical (unpaired) electrons. The molecule has 0 aliphatic carbocycles. The summed E-state index contributed by atoms with van der Waals surface area (Å²) in [6.45, 7) is 3.34. The van der Waals surface area contributed by atoms with Crippen LogP contribution >= 0.6 is 27.5 Å². The second kappa shape index (κ2) is 5.89. The van der Waals surface area contributed by atoms with E-state index >= 15 is 0 Å². The van der Waals surface area contributed by atoms with Gasteiger partial charge in [0.1, 0.15) is 0 Å². The van der Waals surface area contributed by atoms with Crippen LogP contribution in [-0.2, 0) is 0 Å². The zero-order chi connectivity index (χ0) is 11.4. The van der Waals surface area contributed by atoms with Crippen molar-refractivity contribution in [3.05, 3.63) is 27.7 Å². The van der Waals surface area contributed by atoms with Crippen molar-refractivity contribution in [2.75, 3.05) is 25.0 Å². The number of nitrogens with one attached hydrogen (secondary N) is 2. The maximum atomic E-state index is 5.90. The predicted molar refractivity (Wildman–Crippen MR) is 73.2 cm³/mol. The van der Waals surface area contributed by atoms with E-state index in [1.807, 2.05) is 18.2 Å². The van der Waals surface area contributed by atoms with Gasteiger partial charge in [-0.05, 0) is 66.0 Å². The highest BCUT2D eigenvalue weighted by atomic mass is 79.9. The van der Waals surface area contributed by atoms with Gasteiger partial charge in [-0.3, -0.25) is 0 Å². The molecule has 1 aromatic carbocycles. The minimum absolute atomic E-state index is 0.763. The number of benzene rings is 1. The van der Waals surface area contributed by atoms with E-state index in [0.29, 0.717) is 0 Å².